The molecule has 2 unspecified atom stereocenters. The third-order valence-electron chi connectivity index (χ3n) is 4.90. The summed E-state index contributed by atoms with van der Waals surface area (Å²) < 4.78 is 10.9. The minimum atomic E-state index is -1.06. The smallest absolute Gasteiger partial charge is 0.339 e. The number of ether oxygens (including phenoxy) is 2. The van der Waals surface area contributed by atoms with Gasteiger partial charge < -0.3 is 19.4 Å². The number of hydrogen-bond donors (Lipinski definition) is 1. The van der Waals surface area contributed by atoms with E-state index < -0.39 is 5.97 Å². The highest BCUT2D eigenvalue weighted by Gasteiger charge is 2.36. The van der Waals surface area contributed by atoms with Crippen LogP contribution in [0.3, 0.4) is 0 Å². The van der Waals surface area contributed by atoms with E-state index >= 15 is 0 Å². The first kappa shape index (κ1) is 21.4. The second-order valence-electron chi connectivity index (χ2n) is 7.02. The zero-order chi connectivity index (χ0) is 21.3. The van der Waals surface area contributed by atoms with Gasteiger partial charge in [-0.15, -0.1) is 0 Å². The van der Waals surface area contributed by atoms with Crippen molar-refractivity contribution in [2.45, 2.75) is 38.4 Å². The maximum Gasteiger partial charge on any atom is 0.339 e. The molecule has 158 valence electrons. The van der Waals surface area contributed by atoms with Crippen LogP contribution in [0.5, 0.6) is 0 Å². The van der Waals surface area contributed by atoms with Gasteiger partial charge in [-0.25, -0.2) is 4.79 Å². The minimum Gasteiger partial charge on any atom is -0.503 e. The second kappa shape index (κ2) is 10.4. The predicted octanol–water partition coefficient (Wildman–Crippen LogP) is 4.73. The number of benzene rings is 1. The zero-order valence-corrected chi connectivity index (χ0v) is 17.1. The van der Waals surface area contributed by atoms with Crippen molar-refractivity contribution < 1.29 is 24.2 Å². The van der Waals surface area contributed by atoms with E-state index in [4.69, 9.17) is 14.3 Å². The second-order valence-corrected chi connectivity index (χ2v) is 7.02. The van der Waals surface area contributed by atoms with Gasteiger partial charge in [0.1, 0.15) is 11.7 Å². The van der Waals surface area contributed by atoms with Gasteiger partial charge in [0.15, 0.2) is 6.10 Å². The van der Waals surface area contributed by atoms with Crippen LogP contribution in [0.4, 0.5) is 0 Å². The Morgan fingerprint density at radius 1 is 1.27 bits per heavy atom. The quantitative estimate of drug-likeness (QED) is 0.189. The van der Waals surface area contributed by atoms with Crippen LogP contribution >= 0.6 is 0 Å². The number of rotatable bonds is 11. The molecule has 0 bridgehead atoms. The van der Waals surface area contributed by atoms with Crippen molar-refractivity contribution in [3.05, 3.63) is 71.7 Å². The van der Waals surface area contributed by atoms with Gasteiger partial charge in [-0.2, -0.15) is 0 Å². The first-order chi connectivity index (χ1) is 14.7. The highest BCUT2D eigenvalue weighted by Crippen LogP contribution is 2.45. The summed E-state index contributed by atoms with van der Waals surface area (Å²) in [5, 5.41) is 13.6. The van der Waals surface area contributed by atoms with E-state index in [2.05, 4.69) is 10.1 Å². The number of pyridine rings is 1. The van der Waals surface area contributed by atoms with Gasteiger partial charge in [-0.05, 0) is 37.0 Å². The topological polar surface area (TPSA) is 90.2 Å². The summed E-state index contributed by atoms with van der Waals surface area (Å²) in [7, 11) is 1.43. The summed E-state index contributed by atoms with van der Waals surface area (Å²) in [6.07, 6.45) is 6.41. The largest absolute Gasteiger partial charge is 0.503 e. The molecule has 0 saturated heterocycles. The molecule has 1 heterocycles. The lowest BCUT2D eigenvalue weighted by Crippen LogP contribution is -2.11. The molecule has 0 radical (unpaired) electrons. The molecule has 1 aliphatic carbocycles. The number of methoxy groups -OCH3 is 1. The summed E-state index contributed by atoms with van der Waals surface area (Å²) in [5.41, 5.74) is 2.24. The van der Waals surface area contributed by atoms with E-state index in [0.717, 1.165) is 24.1 Å². The summed E-state index contributed by atoms with van der Waals surface area (Å²) in [5.74, 6) is -0.759. The molecule has 7 heteroatoms. The Labute approximate surface area is 176 Å². The minimum absolute atomic E-state index is 0.0803. The van der Waals surface area contributed by atoms with Gasteiger partial charge in [0.2, 0.25) is 6.40 Å². The number of hydrogen-bond acceptors (Lipinski definition) is 6. The van der Waals surface area contributed by atoms with Crippen LogP contribution in [0.15, 0.2) is 60.1 Å². The molecule has 7 nitrogen and oxygen atoms in total. The average Bonchev–Trinajstić information content (AvgIpc) is 3.60. The van der Waals surface area contributed by atoms with Gasteiger partial charge in [0, 0.05) is 17.7 Å². The lowest BCUT2D eigenvalue weighted by Gasteiger charge is -2.20. The summed E-state index contributed by atoms with van der Waals surface area (Å²) >= 11 is 0. The van der Waals surface area contributed by atoms with Gasteiger partial charge in [-0.1, -0.05) is 42.4 Å². The standard InChI is InChI=1S/C23H26N2O5/c1-3-21(20-10-6-7-13-24-20)30-25-15-29-22(16-11-12-16)18-9-5-4-8-17(18)19(14-28-2)23(26)27/h4-10,13-16,21-22H,3,11-12H2,1-2H3,(H,26,27). The molecular formula is C23H26N2O5. The molecule has 0 spiro atoms. The van der Waals surface area contributed by atoms with Crippen molar-refractivity contribution in [1.29, 1.82) is 0 Å². The molecular weight excluding hydrogens is 384 g/mol. The number of oxime groups is 1. The van der Waals surface area contributed by atoms with Crippen LogP contribution < -0.4 is 0 Å². The van der Waals surface area contributed by atoms with Crippen LogP contribution in [0.25, 0.3) is 5.57 Å². The SMILES string of the molecule is CCC(ON=COC(c1ccccc1C(=COC)C(=O)O)C1CC1)c1ccccn1. The van der Waals surface area contributed by atoms with Crippen molar-refractivity contribution >= 4 is 17.9 Å². The first-order valence-corrected chi connectivity index (χ1v) is 9.95. The number of aliphatic carboxylic acids is 1. The fourth-order valence-electron chi connectivity index (χ4n) is 3.27. The Bertz CT molecular complexity index is 893. The summed E-state index contributed by atoms with van der Waals surface area (Å²) in [6.45, 7) is 1.99. The molecule has 1 N–H and O–H groups in total. The zero-order valence-electron chi connectivity index (χ0n) is 17.1. The highest BCUT2D eigenvalue weighted by atomic mass is 16.7. The number of aromatic nitrogens is 1. The molecule has 1 aromatic carbocycles. The molecule has 30 heavy (non-hydrogen) atoms. The third-order valence-corrected chi connectivity index (χ3v) is 4.90. The maximum absolute atomic E-state index is 11.7. The number of carboxylic acid groups (broad SMARTS) is 1. The van der Waals surface area contributed by atoms with E-state index in [9.17, 15) is 9.90 Å². The summed E-state index contributed by atoms with van der Waals surface area (Å²) in [6, 6.07) is 12.9. The molecule has 0 aliphatic heterocycles. The molecule has 1 aliphatic rings. The van der Waals surface area contributed by atoms with Gasteiger partial charge in [0.25, 0.3) is 0 Å². The molecule has 2 aromatic rings. The number of carbonyl (C=O) groups is 1. The van der Waals surface area contributed by atoms with Crippen LogP contribution in [-0.4, -0.2) is 29.6 Å². The van der Waals surface area contributed by atoms with E-state index in [1.54, 1.807) is 18.3 Å². The lowest BCUT2D eigenvalue weighted by molar-refractivity contribution is -0.130. The monoisotopic (exact) mass is 410 g/mol. The summed E-state index contributed by atoms with van der Waals surface area (Å²) in [4.78, 5) is 21.6. The number of carboxylic acids is 1. The maximum atomic E-state index is 11.7. The van der Waals surface area contributed by atoms with Crippen molar-refractivity contribution in [1.82, 2.24) is 4.98 Å². The lowest BCUT2D eigenvalue weighted by atomic mass is 9.94. The highest BCUT2D eigenvalue weighted by molar-refractivity contribution is 6.15. The van der Waals surface area contributed by atoms with Gasteiger partial charge in [-0.3, -0.25) is 4.98 Å². The Balaban J connectivity index is 1.75. The van der Waals surface area contributed by atoms with Crippen LogP contribution in [-0.2, 0) is 19.1 Å². The van der Waals surface area contributed by atoms with E-state index in [0.29, 0.717) is 17.9 Å². The van der Waals surface area contributed by atoms with E-state index in [1.165, 1.54) is 19.8 Å². The Morgan fingerprint density at radius 3 is 2.67 bits per heavy atom. The van der Waals surface area contributed by atoms with Crippen molar-refractivity contribution in [3.8, 4) is 0 Å². The Kier molecular flexibility index (Phi) is 7.43. The molecule has 2 atom stereocenters. The molecule has 1 saturated carbocycles. The van der Waals surface area contributed by atoms with Crippen molar-refractivity contribution in [3.63, 3.8) is 0 Å². The molecule has 1 aromatic heterocycles. The van der Waals surface area contributed by atoms with Crippen LogP contribution in [0, 0.1) is 5.92 Å². The predicted molar refractivity (Wildman–Crippen MR) is 112 cm³/mol. The van der Waals surface area contributed by atoms with E-state index in [1.807, 2.05) is 37.3 Å². The number of nitrogens with zero attached hydrogens (tertiary/aromatic N) is 2. The van der Waals surface area contributed by atoms with Gasteiger partial charge >= 0.3 is 5.97 Å². The van der Waals surface area contributed by atoms with Gasteiger partial charge in [0.05, 0.1) is 19.1 Å². The molecule has 1 fully saturated rings. The average molecular weight is 410 g/mol. The third kappa shape index (κ3) is 5.37. The fraction of sp³-hybridized carbons (Fsp3) is 0.348. The first-order valence-electron chi connectivity index (χ1n) is 9.95. The molecule has 3 rings (SSSR count). The van der Waals surface area contributed by atoms with Crippen LogP contribution in [0.2, 0.25) is 0 Å². The van der Waals surface area contributed by atoms with Crippen molar-refractivity contribution in [2.24, 2.45) is 11.1 Å². The Hall–Kier alpha value is -3.35. The van der Waals surface area contributed by atoms with Crippen molar-refractivity contribution in [2.75, 3.05) is 7.11 Å². The Morgan fingerprint density at radius 2 is 2.03 bits per heavy atom. The molecule has 0 amide bonds. The fourth-order valence-corrected chi connectivity index (χ4v) is 3.27. The van der Waals surface area contributed by atoms with E-state index in [-0.39, 0.29) is 17.8 Å². The van der Waals surface area contributed by atoms with Crippen LogP contribution in [0.1, 0.15) is 55.2 Å². The normalized spacial score (nSPS) is 16.1.